The number of carbonyl (C=O) groups excluding carboxylic acids is 1. The standard InChI is InChI=1S/C15H21NO4S/c1-11-6-5-7-12(10-11)16-21(18,19)14-9-4-3-8-13(14)15(17)20-2/h3-4,8-9,11-12,16H,5-7,10H2,1-2H3. The molecule has 1 aromatic rings. The Balaban J connectivity index is 2.25. The molecule has 0 radical (unpaired) electrons. The van der Waals surface area contributed by atoms with Crippen LogP contribution in [-0.4, -0.2) is 27.5 Å². The number of esters is 1. The van der Waals surface area contributed by atoms with E-state index >= 15 is 0 Å². The lowest BCUT2D eigenvalue weighted by molar-refractivity contribution is 0.0596. The van der Waals surface area contributed by atoms with Gasteiger partial charge in [0.25, 0.3) is 0 Å². The molecule has 2 atom stereocenters. The zero-order chi connectivity index (χ0) is 15.5. The summed E-state index contributed by atoms with van der Waals surface area (Å²) in [6, 6.07) is 6.05. The monoisotopic (exact) mass is 311 g/mol. The maximum atomic E-state index is 12.5. The molecule has 1 aliphatic rings. The number of hydrogen-bond acceptors (Lipinski definition) is 4. The van der Waals surface area contributed by atoms with Crippen LogP contribution in [0.5, 0.6) is 0 Å². The average Bonchev–Trinajstić information content (AvgIpc) is 2.46. The first kappa shape index (κ1) is 16.0. The van der Waals surface area contributed by atoms with Gasteiger partial charge in [-0.25, -0.2) is 17.9 Å². The van der Waals surface area contributed by atoms with E-state index in [0.29, 0.717) is 5.92 Å². The molecular weight excluding hydrogens is 290 g/mol. The molecule has 0 bridgehead atoms. The Bertz CT molecular complexity index is 612. The summed E-state index contributed by atoms with van der Waals surface area (Å²) < 4.78 is 32.4. The van der Waals surface area contributed by atoms with Crippen molar-refractivity contribution in [3.8, 4) is 0 Å². The minimum absolute atomic E-state index is 0.0184. The van der Waals surface area contributed by atoms with Gasteiger partial charge in [0.05, 0.1) is 17.6 Å². The maximum Gasteiger partial charge on any atom is 0.339 e. The minimum atomic E-state index is -3.72. The first-order chi connectivity index (χ1) is 9.94. The molecule has 0 aromatic heterocycles. The van der Waals surface area contributed by atoms with E-state index in [4.69, 9.17) is 0 Å². The first-order valence-corrected chi connectivity index (χ1v) is 8.62. The van der Waals surface area contributed by atoms with Crippen LogP contribution in [0.1, 0.15) is 43.0 Å². The molecule has 2 rings (SSSR count). The van der Waals surface area contributed by atoms with E-state index in [-0.39, 0.29) is 16.5 Å². The first-order valence-electron chi connectivity index (χ1n) is 7.13. The van der Waals surface area contributed by atoms with Crippen LogP contribution < -0.4 is 4.72 Å². The zero-order valence-corrected chi connectivity index (χ0v) is 13.2. The van der Waals surface area contributed by atoms with Crippen LogP contribution in [0, 0.1) is 5.92 Å². The molecule has 0 saturated heterocycles. The molecular formula is C15H21NO4S. The summed E-state index contributed by atoms with van der Waals surface area (Å²) in [5.74, 6) is -0.129. The Morgan fingerprint density at radius 3 is 2.67 bits per heavy atom. The second kappa shape index (κ2) is 6.58. The quantitative estimate of drug-likeness (QED) is 0.866. The summed E-state index contributed by atoms with van der Waals surface area (Å²) in [7, 11) is -2.48. The van der Waals surface area contributed by atoms with Gasteiger partial charge in [0.1, 0.15) is 0 Å². The molecule has 1 fully saturated rings. The molecule has 1 aliphatic carbocycles. The van der Waals surface area contributed by atoms with Gasteiger partial charge in [-0.1, -0.05) is 31.9 Å². The Morgan fingerprint density at radius 1 is 1.29 bits per heavy atom. The number of sulfonamides is 1. The molecule has 1 saturated carbocycles. The van der Waals surface area contributed by atoms with E-state index in [1.165, 1.54) is 19.2 Å². The third-order valence-corrected chi connectivity index (χ3v) is 5.42. The van der Waals surface area contributed by atoms with Crippen LogP contribution in [-0.2, 0) is 14.8 Å². The van der Waals surface area contributed by atoms with E-state index in [0.717, 1.165) is 25.7 Å². The van der Waals surface area contributed by atoms with Crippen molar-refractivity contribution in [2.45, 2.75) is 43.5 Å². The van der Waals surface area contributed by atoms with E-state index in [1.807, 2.05) is 0 Å². The average molecular weight is 311 g/mol. The minimum Gasteiger partial charge on any atom is -0.465 e. The van der Waals surface area contributed by atoms with Gasteiger partial charge in [-0.2, -0.15) is 0 Å². The predicted octanol–water partition coefficient (Wildman–Crippen LogP) is 2.33. The van der Waals surface area contributed by atoms with Crippen molar-refractivity contribution in [1.29, 1.82) is 0 Å². The number of methoxy groups -OCH3 is 1. The van der Waals surface area contributed by atoms with E-state index in [9.17, 15) is 13.2 Å². The molecule has 116 valence electrons. The van der Waals surface area contributed by atoms with Crippen LogP contribution in [0.4, 0.5) is 0 Å². The van der Waals surface area contributed by atoms with Crippen molar-refractivity contribution in [2.75, 3.05) is 7.11 Å². The molecule has 2 unspecified atom stereocenters. The fraction of sp³-hybridized carbons (Fsp3) is 0.533. The topological polar surface area (TPSA) is 72.5 Å². The Hall–Kier alpha value is -1.40. The summed E-state index contributed by atoms with van der Waals surface area (Å²) in [5.41, 5.74) is 0.0661. The van der Waals surface area contributed by atoms with Crippen molar-refractivity contribution < 1.29 is 17.9 Å². The highest BCUT2D eigenvalue weighted by molar-refractivity contribution is 7.89. The summed E-state index contributed by atoms with van der Waals surface area (Å²) >= 11 is 0. The van der Waals surface area contributed by atoms with Gasteiger partial charge in [0.2, 0.25) is 10.0 Å². The number of nitrogens with one attached hydrogen (secondary N) is 1. The van der Waals surface area contributed by atoms with Gasteiger partial charge < -0.3 is 4.74 Å². The smallest absolute Gasteiger partial charge is 0.339 e. The van der Waals surface area contributed by atoms with Crippen molar-refractivity contribution in [2.24, 2.45) is 5.92 Å². The third-order valence-electron chi connectivity index (χ3n) is 3.84. The number of hydrogen-bond donors (Lipinski definition) is 1. The van der Waals surface area contributed by atoms with Gasteiger partial charge in [-0.3, -0.25) is 0 Å². The van der Waals surface area contributed by atoms with Crippen LogP contribution in [0.25, 0.3) is 0 Å². The largest absolute Gasteiger partial charge is 0.465 e. The summed E-state index contributed by atoms with van der Waals surface area (Å²) in [5, 5.41) is 0. The molecule has 6 heteroatoms. The molecule has 21 heavy (non-hydrogen) atoms. The summed E-state index contributed by atoms with van der Waals surface area (Å²) in [6.45, 7) is 2.13. The van der Waals surface area contributed by atoms with Crippen molar-refractivity contribution in [3.05, 3.63) is 29.8 Å². The second-order valence-corrected chi connectivity index (χ2v) is 7.26. The van der Waals surface area contributed by atoms with Crippen molar-refractivity contribution in [1.82, 2.24) is 4.72 Å². The van der Waals surface area contributed by atoms with Crippen LogP contribution in [0.3, 0.4) is 0 Å². The van der Waals surface area contributed by atoms with Crippen molar-refractivity contribution >= 4 is 16.0 Å². The van der Waals surface area contributed by atoms with Gasteiger partial charge >= 0.3 is 5.97 Å². The Kier molecular flexibility index (Phi) is 5.00. The molecule has 0 amide bonds. The highest BCUT2D eigenvalue weighted by Gasteiger charge is 2.27. The number of ether oxygens (including phenoxy) is 1. The molecule has 1 N–H and O–H groups in total. The molecule has 5 nitrogen and oxygen atoms in total. The van der Waals surface area contributed by atoms with Gasteiger partial charge in [-0.15, -0.1) is 0 Å². The van der Waals surface area contributed by atoms with Gasteiger partial charge in [0.15, 0.2) is 0 Å². The molecule has 0 heterocycles. The lowest BCUT2D eigenvalue weighted by atomic mass is 9.88. The Morgan fingerprint density at radius 2 is 2.00 bits per heavy atom. The fourth-order valence-electron chi connectivity index (χ4n) is 2.80. The van der Waals surface area contributed by atoms with Crippen LogP contribution in [0.15, 0.2) is 29.2 Å². The molecule has 0 aliphatic heterocycles. The van der Waals surface area contributed by atoms with Crippen molar-refractivity contribution in [3.63, 3.8) is 0 Å². The summed E-state index contributed by atoms with van der Waals surface area (Å²) in [4.78, 5) is 11.7. The number of carbonyl (C=O) groups is 1. The van der Waals surface area contributed by atoms with Gasteiger partial charge in [0, 0.05) is 6.04 Å². The highest BCUT2D eigenvalue weighted by atomic mass is 32.2. The number of rotatable bonds is 4. The number of benzene rings is 1. The highest BCUT2D eigenvalue weighted by Crippen LogP contribution is 2.25. The SMILES string of the molecule is COC(=O)c1ccccc1S(=O)(=O)NC1CCCC(C)C1. The second-order valence-electron chi connectivity index (χ2n) is 5.58. The van der Waals surface area contributed by atoms with E-state index in [1.54, 1.807) is 12.1 Å². The summed E-state index contributed by atoms with van der Waals surface area (Å²) in [6.07, 6.45) is 3.83. The predicted molar refractivity (Wildman–Crippen MR) is 79.5 cm³/mol. The molecule has 0 spiro atoms. The van der Waals surface area contributed by atoms with E-state index < -0.39 is 16.0 Å². The van der Waals surface area contributed by atoms with Crippen LogP contribution in [0.2, 0.25) is 0 Å². The molecule has 1 aromatic carbocycles. The normalized spacial score (nSPS) is 22.8. The van der Waals surface area contributed by atoms with Crippen LogP contribution >= 0.6 is 0 Å². The maximum absolute atomic E-state index is 12.5. The Labute approximate surface area is 125 Å². The lowest BCUT2D eigenvalue weighted by Crippen LogP contribution is -2.38. The van der Waals surface area contributed by atoms with E-state index in [2.05, 4.69) is 16.4 Å². The lowest BCUT2D eigenvalue weighted by Gasteiger charge is -2.27. The fourth-order valence-corrected chi connectivity index (χ4v) is 4.28. The van der Waals surface area contributed by atoms with Gasteiger partial charge in [-0.05, 0) is 30.9 Å². The third kappa shape index (κ3) is 3.83. The zero-order valence-electron chi connectivity index (χ0n) is 12.3.